The second-order valence-corrected chi connectivity index (χ2v) is 7.86. The number of rotatable bonds is 9. The summed E-state index contributed by atoms with van der Waals surface area (Å²) in [6, 6.07) is 0.397. The smallest absolute Gasteiger partial charge is 0.147 e. The molecule has 1 heterocycles. The molecule has 19 heavy (non-hydrogen) atoms. The normalized spacial score (nSPS) is 25.6. The molecule has 1 rings (SSSR count). The highest BCUT2D eigenvalue weighted by atomic mass is 32.2. The van der Waals surface area contributed by atoms with Crippen molar-refractivity contribution in [1.29, 1.82) is 0 Å². The van der Waals surface area contributed by atoms with Gasteiger partial charge in [-0.2, -0.15) is 0 Å². The van der Waals surface area contributed by atoms with Crippen LogP contribution in [-0.4, -0.2) is 45.7 Å². The van der Waals surface area contributed by atoms with Crippen LogP contribution in [0.5, 0.6) is 0 Å². The van der Waals surface area contributed by atoms with Gasteiger partial charge in [0.1, 0.15) is 9.84 Å². The van der Waals surface area contributed by atoms with Gasteiger partial charge in [0.05, 0.1) is 6.10 Å². The summed E-state index contributed by atoms with van der Waals surface area (Å²) < 4.78 is 28.2. The van der Waals surface area contributed by atoms with Gasteiger partial charge in [-0.15, -0.1) is 0 Å². The summed E-state index contributed by atoms with van der Waals surface area (Å²) in [6.07, 6.45) is 6.57. The van der Waals surface area contributed by atoms with Crippen molar-refractivity contribution < 1.29 is 13.2 Å². The summed E-state index contributed by atoms with van der Waals surface area (Å²) in [5, 5.41) is 3.59. The van der Waals surface area contributed by atoms with Crippen LogP contribution in [-0.2, 0) is 14.6 Å². The van der Waals surface area contributed by atoms with Crippen LogP contribution in [0.15, 0.2) is 0 Å². The van der Waals surface area contributed by atoms with Gasteiger partial charge in [-0.3, -0.25) is 0 Å². The highest BCUT2D eigenvalue weighted by Gasteiger charge is 2.32. The number of hydrogen-bond donors (Lipinski definition) is 1. The molecule has 114 valence electrons. The van der Waals surface area contributed by atoms with Crippen LogP contribution in [0.25, 0.3) is 0 Å². The van der Waals surface area contributed by atoms with Gasteiger partial charge in [0.15, 0.2) is 0 Å². The second-order valence-electron chi connectivity index (χ2n) is 5.60. The van der Waals surface area contributed by atoms with Gasteiger partial charge in [0, 0.05) is 30.6 Å². The SMILES string of the molecule is CCCNC(CCCS(C)(=O)=O)C1CCOC1CC. The average molecular weight is 291 g/mol. The van der Waals surface area contributed by atoms with E-state index < -0.39 is 9.84 Å². The molecule has 1 fully saturated rings. The van der Waals surface area contributed by atoms with E-state index in [1.807, 2.05) is 0 Å². The van der Waals surface area contributed by atoms with E-state index in [0.717, 1.165) is 45.3 Å². The van der Waals surface area contributed by atoms with Crippen LogP contribution in [0.1, 0.15) is 46.0 Å². The van der Waals surface area contributed by atoms with Gasteiger partial charge in [0.25, 0.3) is 0 Å². The number of nitrogens with one attached hydrogen (secondary N) is 1. The molecule has 0 aromatic carbocycles. The van der Waals surface area contributed by atoms with E-state index in [1.165, 1.54) is 6.26 Å². The first kappa shape index (κ1) is 16.9. The van der Waals surface area contributed by atoms with Crippen molar-refractivity contribution in [2.75, 3.05) is 25.2 Å². The maximum atomic E-state index is 11.2. The van der Waals surface area contributed by atoms with Crippen LogP contribution < -0.4 is 5.32 Å². The molecule has 0 aromatic heterocycles. The first-order valence-electron chi connectivity index (χ1n) is 7.50. The van der Waals surface area contributed by atoms with Crippen molar-refractivity contribution in [2.45, 2.75) is 58.1 Å². The number of sulfone groups is 1. The molecule has 0 amide bonds. The summed E-state index contributed by atoms with van der Waals surface area (Å²) in [4.78, 5) is 0. The van der Waals surface area contributed by atoms with Gasteiger partial charge >= 0.3 is 0 Å². The molecular weight excluding hydrogens is 262 g/mol. The third-order valence-corrected chi connectivity index (χ3v) is 4.90. The van der Waals surface area contributed by atoms with Crippen molar-refractivity contribution in [1.82, 2.24) is 5.32 Å². The molecular formula is C14H29NO3S. The van der Waals surface area contributed by atoms with Crippen molar-refractivity contribution in [3.05, 3.63) is 0 Å². The van der Waals surface area contributed by atoms with Gasteiger partial charge in [0.2, 0.25) is 0 Å². The molecule has 3 unspecified atom stereocenters. The maximum Gasteiger partial charge on any atom is 0.147 e. The fourth-order valence-electron chi connectivity index (χ4n) is 2.91. The third-order valence-electron chi connectivity index (χ3n) is 3.87. The zero-order valence-electron chi connectivity index (χ0n) is 12.5. The van der Waals surface area contributed by atoms with Crippen molar-refractivity contribution in [2.24, 2.45) is 5.92 Å². The molecule has 3 atom stereocenters. The van der Waals surface area contributed by atoms with Crippen LogP contribution in [0.4, 0.5) is 0 Å². The van der Waals surface area contributed by atoms with E-state index in [9.17, 15) is 8.42 Å². The molecule has 4 nitrogen and oxygen atoms in total. The van der Waals surface area contributed by atoms with Gasteiger partial charge in [-0.05, 0) is 38.6 Å². The Bertz CT molecular complexity index is 343. The van der Waals surface area contributed by atoms with E-state index in [-0.39, 0.29) is 0 Å². The second kappa shape index (κ2) is 8.22. The molecule has 5 heteroatoms. The summed E-state index contributed by atoms with van der Waals surface area (Å²) in [5.41, 5.74) is 0. The van der Waals surface area contributed by atoms with Gasteiger partial charge in [-0.1, -0.05) is 13.8 Å². The monoisotopic (exact) mass is 291 g/mol. The minimum atomic E-state index is -2.84. The summed E-state index contributed by atoms with van der Waals surface area (Å²) in [5.74, 6) is 0.831. The van der Waals surface area contributed by atoms with Crippen LogP contribution in [0, 0.1) is 5.92 Å². The zero-order valence-corrected chi connectivity index (χ0v) is 13.3. The Morgan fingerprint density at radius 2 is 2.11 bits per heavy atom. The fraction of sp³-hybridized carbons (Fsp3) is 1.00. The molecule has 0 spiro atoms. The quantitative estimate of drug-likeness (QED) is 0.706. The van der Waals surface area contributed by atoms with Crippen LogP contribution in [0.2, 0.25) is 0 Å². The van der Waals surface area contributed by atoms with Crippen LogP contribution in [0.3, 0.4) is 0 Å². The Kier molecular flexibility index (Phi) is 7.32. The predicted octanol–water partition coefficient (Wildman–Crippen LogP) is 1.99. The van der Waals surface area contributed by atoms with Crippen molar-refractivity contribution >= 4 is 9.84 Å². The van der Waals surface area contributed by atoms with E-state index in [2.05, 4.69) is 19.2 Å². The molecule has 1 saturated heterocycles. The molecule has 0 aliphatic carbocycles. The van der Waals surface area contributed by atoms with E-state index in [4.69, 9.17) is 4.74 Å². The topological polar surface area (TPSA) is 55.4 Å². The highest BCUT2D eigenvalue weighted by Crippen LogP contribution is 2.28. The van der Waals surface area contributed by atoms with E-state index in [0.29, 0.717) is 23.8 Å². The molecule has 0 radical (unpaired) electrons. The van der Waals surface area contributed by atoms with Crippen LogP contribution >= 0.6 is 0 Å². The molecule has 0 saturated carbocycles. The minimum Gasteiger partial charge on any atom is -0.378 e. The maximum absolute atomic E-state index is 11.2. The third kappa shape index (κ3) is 6.23. The molecule has 0 aromatic rings. The molecule has 1 aliphatic heterocycles. The summed E-state index contributed by atoms with van der Waals surface area (Å²) in [6.45, 7) is 6.16. The largest absolute Gasteiger partial charge is 0.378 e. The lowest BCUT2D eigenvalue weighted by Crippen LogP contribution is -2.40. The standard InChI is InChI=1S/C14H29NO3S/c1-4-9-15-13(7-6-11-19(3,16)17)12-8-10-18-14(12)5-2/h12-15H,4-11H2,1-3H3. The predicted molar refractivity (Wildman–Crippen MR) is 79.2 cm³/mol. The Balaban J connectivity index is 2.50. The summed E-state index contributed by atoms with van der Waals surface area (Å²) in [7, 11) is -2.84. The molecule has 1 N–H and O–H groups in total. The Morgan fingerprint density at radius 1 is 1.37 bits per heavy atom. The lowest BCUT2D eigenvalue weighted by molar-refractivity contribution is 0.0764. The Morgan fingerprint density at radius 3 is 2.68 bits per heavy atom. The lowest BCUT2D eigenvalue weighted by atomic mass is 9.88. The number of ether oxygens (including phenoxy) is 1. The minimum absolute atomic E-state index is 0.293. The fourth-order valence-corrected chi connectivity index (χ4v) is 3.60. The molecule has 0 bridgehead atoms. The molecule has 1 aliphatic rings. The van der Waals surface area contributed by atoms with Crippen molar-refractivity contribution in [3.8, 4) is 0 Å². The Hall–Kier alpha value is -0.130. The summed E-state index contributed by atoms with van der Waals surface area (Å²) >= 11 is 0. The first-order valence-corrected chi connectivity index (χ1v) is 9.56. The zero-order chi connectivity index (χ0) is 14.3. The van der Waals surface area contributed by atoms with Gasteiger partial charge in [-0.25, -0.2) is 8.42 Å². The van der Waals surface area contributed by atoms with Gasteiger partial charge < -0.3 is 10.1 Å². The van der Waals surface area contributed by atoms with E-state index >= 15 is 0 Å². The average Bonchev–Trinajstić information content (AvgIpc) is 2.80. The number of hydrogen-bond acceptors (Lipinski definition) is 4. The highest BCUT2D eigenvalue weighted by molar-refractivity contribution is 7.90. The van der Waals surface area contributed by atoms with E-state index in [1.54, 1.807) is 0 Å². The Labute approximate surface area is 118 Å². The lowest BCUT2D eigenvalue weighted by Gasteiger charge is -2.28. The first-order chi connectivity index (χ1) is 8.98. The van der Waals surface area contributed by atoms with Crippen molar-refractivity contribution in [3.63, 3.8) is 0 Å².